The maximum Gasteiger partial charge on any atom is 0.224 e. The summed E-state index contributed by atoms with van der Waals surface area (Å²) in [5, 5.41) is 12.2. The molecule has 0 aromatic rings. The molecule has 0 radical (unpaired) electrons. The Bertz CT molecular complexity index is 608. The van der Waals surface area contributed by atoms with E-state index in [1.165, 1.54) is 25.7 Å². The molecule has 1 rings (SSSR count). The Balaban J connectivity index is 1.96. The number of hydrogen-bond donors (Lipinski definition) is 2. The molecule has 0 heterocycles. The number of unbranched alkanes of at least 4 members (excludes halogenated alkanes) is 4. The number of allylic oxidation sites excluding steroid dienone is 9. The first-order valence-corrected chi connectivity index (χ1v) is 11.2. The molecule has 0 spiro atoms. The highest BCUT2D eigenvalue weighted by Gasteiger charge is 2.07. The lowest BCUT2D eigenvalue weighted by molar-refractivity contribution is -0.120. The molecule has 1 amide bonds. The van der Waals surface area contributed by atoms with E-state index in [1.54, 1.807) is 12.2 Å². The smallest absolute Gasteiger partial charge is 0.224 e. The van der Waals surface area contributed by atoms with Crippen LogP contribution in [0.15, 0.2) is 72.5 Å². The quantitative estimate of drug-likeness (QED) is 0.246. The van der Waals surface area contributed by atoms with E-state index in [1.807, 2.05) is 6.08 Å². The van der Waals surface area contributed by atoms with E-state index in [2.05, 4.69) is 60.8 Å². The fourth-order valence-corrected chi connectivity index (χ4v) is 2.87. The van der Waals surface area contributed by atoms with Crippen LogP contribution in [0.3, 0.4) is 0 Å². The summed E-state index contributed by atoms with van der Waals surface area (Å²) in [6.45, 7) is 2.24. The Morgan fingerprint density at radius 3 is 2.10 bits per heavy atom. The van der Waals surface area contributed by atoms with Gasteiger partial charge in [-0.15, -0.1) is 0 Å². The van der Waals surface area contributed by atoms with Gasteiger partial charge in [-0.25, -0.2) is 0 Å². The van der Waals surface area contributed by atoms with Crippen LogP contribution in [0.1, 0.15) is 77.6 Å². The second-order valence-corrected chi connectivity index (χ2v) is 7.35. The van der Waals surface area contributed by atoms with Crippen LogP contribution in [-0.2, 0) is 4.79 Å². The predicted octanol–water partition coefficient (Wildman–Crippen LogP) is 6.45. The van der Waals surface area contributed by atoms with Crippen LogP contribution in [0.25, 0.3) is 0 Å². The number of aliphatic hydroxyl groups is 1. The van der Waals surface area contributed by atoms with Crippen molar-refractivity contribution in [2.75, 3.05) is 0 Å². The Hall–Kier alpha value is -2.13. The van der Waals surface area contributed by atoms with Crippen LogP contribution < -0.4 is 5.32 Å². The fourth-order valence-electron chi connectivity index (χ4n) is 2.87. The van der Waals surface area contributed by atoms with Crippen molar-refractivity contribution < 1.29 is 9.90 Å². The summed E-state index contributed by atoms with van der Waals surface area (Å²) >= 11 is 0. The van der Waals surface area contributed by atoms with Crippen molar-refractivity contribution in [3.8, 4) is 0 Å². The van der Waals surface area contributed by atoms with Crippen molar-refractivity contribution in [2.24, 2.45) is 0 Å². The molecule has 0 aliphatic heterocycles. The summed E-state index contributed by atoms with van der Waals surface area (Å²) in [6.07, 6.45) is 33.5. The monoisotopic (exact) mass is 397 g/mol. The van der Waals surface area contributed by atoms with Gasteiger partial charge in [0.1, 0.15) is 0 Å². The molecule has 0 saturated carbocycles. The Morgan fingerprint density at radius 1 is 0.966 bits per heavy atom. The molecule has 1 atom stereocenters. The van der Waals surface area contributed by atoms with Crippen molar-refractivity contribution in [3.63, 3.8) is 0 Å². The topological polar surface area (TPSA) is 49.3 Å². The summed E-state index contributed by atoms with van der Waals surface area (Å²) in [7, 11) is 0. The zero-order valence-corrected chi connectivity index (χ0v) is 18.1. The molecular weight excluding hydrogens is 358 g/mol. The first kappa shape index (κ1) is 24.9. The van der Waals surface area contributed by atoms with Gasteiger partial charge in [0.05, 0.1) is 6.10 Å². The minimum Gasteiger partial charge on any atom is -0.389 e. The van der Waals surface area contributed by atoms with Crippen LogP contribution >= 0.6 is 0 Å². The van der Waals surface area contributed by atoms with Crippen molar-refractivity contribution in [1.29, 1.82) is 0 Å². The van der Waals surface area contributed by atoms with Crippen molar-refractivity contribution in [1.82, 2.24) is 5.32 Å². The van der Waals surface area contributed by atoms with Gasteiger partial charge in [-0.1, -0.05) is 80.5 Å². The van der Waals surface area contributed by atoms with E-state index in [4.69, 9.17) is 0 Å². The zero-order valence-electron chi connectivity index (χ0n) is 18.1. The van der Waals surface area contributed by atoms with Gasteiger partial charge in [0.25, 0.3) is 0 Å². The lowest BCUT2D eigenvalue weighted by Crippen LogP contribution is -2.23. The molecule has 160 valence electrons. The second-order valence-electron chi connectivity index (χ2n) is 7.35. The minimum absolute atomic E-state index is 0.0353. The highest BCUT2D eigenvalue weighted by molar-refractivity contribution is 5.78. The van der Waals surface area contributed by atoms with E-state index >= 15 is 0 Å². The van der Waals surface area contributed by atoms with E-state index in [9.17, 15) is 9.90 Å². The number of nitrogens with one attached hydrogen (secondary N) is 1. The number of aliphatic hydroxyl groups excluding tert-OH is 1. The molecule has 3 heteroatoms. The van der Waals surface area contributed by atoms with Crippen LogP contribution in [0.4, 0.5) is 0 Å². The van der Waals surface area contributed by atoms with Crippen molar-refractivity contribution >= 4 is 5.91 Å². The third kappa shape index (κ3) is 15.5. The number of hydrogen-bond acceptors (Lipinski definition) is 2. The molecule has 2 N–H and O–H groups in total. The van der Waals surface area contributed by atoms with Crippen LogP contribution in [0.5, 0.6) is 0 Å². The van der Waals surface area contributed by atoms with Gasteiger partial charge in [-0.3, -0.25) is 4.79 Å². The van der Waals surface area contributed by atoms with Crippen molar-refractivity contribution in [3.05, 3.63) is 72.5 Å². The van der Waals surface area contributed by atoms with Crippen molar-refractivity contribution in [2.45, 2.75) is 83.7 Å². The average Bonchev–Trinajstić information content (AvgIpc) is 2.72. The molecule has 0 fully saturated rings. The standard InChI is InChI=1S/C26H39NO2/c1-2-3-4-5-6-7-8-9-10-11-12-13-14-15-16-17-18-19-26(29)27-24-20-22-25(28)23-21-24/h6-7,9-10,12-13,15-16,20-22,25,28H,2-5,8,11,14,17-19,23H2,1H3,(H,27,29). The van der Waals surface area contributed by atoms with Gasteiger partial charge in [0, 0.05) is 12.1 Å². The zero-order chi connectivity index (χ0) is 21.0. The summed E-state index contributed by atoms with van der Waals surface area (Å²) in [5.74, 6) is 0.0353. The molecule has 3 nitrogen and oxygen atoms in total. The summed E-state index contributed by atoms with van der Waals surface area (Å²) in [5.41, 5.74) is 0.790. The van der Waals surface area contributed by atoms with Gasteiger partial charge in [0.2, 0.25) is 5.91 Å². The van der Waals surface area contributed by atoms with Crippen LogP contribution in [0, 0.1) is 0 Å². The Morgan fingerprint density at radius 2 is 1.55 bits per heavy atom. The number of rotatable bonds is 15. The lowest BCUT2D eigenvalue weighted by atomic mass is 10.1. The highest BCUT2D eigenvalue weighted by atomic mass is 16.3. The predicted molar refractivity (Wildman–Crippen MR) is 124 cm³/mol. The maximum atomic E-state index is 11.9. The van der Waals surface area contributed by atoms with E-state index < -0.39 is 6.10 Å². The molecule has 1 aliphatic rings. The number of carbonyl (C=O) groups is 1. The SMILES string of the molecule is CCCCCC=CCC=CCC=CCC=CCCCC(=O)NC1=CCC(O)C=C1. The molecule has 1 unspecified atom stereocenters. The van der Waals surface area contributed by atoms with Gasteiger partial charge >= 0.3 is 0 Å². The van der Waals surface area contributed by atoms with Gasteiger partial charge < -0.3 is 10.4 Å². The highest BCUT2D eigenvalue weighted by Crippen LogP contribution is 2.08. The van der Waals surface area contributed by atoms with E-state index in [0.29, 0.717) is 12.8 Å². The van der Waals surface area contributed by atoms with Crippen LogP contribution in [-0.4, -0.2) is 17.1 Å². The van der Waals surface area contributed by atoms with E-state index in [0.717, 1.165) is 37.8 Å². The molecule has 0 saturated heterocycles. The second kappa shape index (κ2) is 17.9. The van der Waals surface area contributed by atoms with Gasteiger partial charge in [-0.2, -0.15) is 0 Å². The van der Waals surface area contributed by atoms with Gasteiger partial charge in [-0.05, 0) is 57.4 Å². The Kier molecular flexibility index (Phi) is 15.4. The first-order chi connectivity index (χ1) is 14.2. The average molecular weight is 398 g/mol. The number of amides is 1. The van der Waals surface area contributed by atoms with Gasteiger partial charge in [0.15, 0.2) is 0 Å². The molecule has 0 aromatic heterocycles. The third-order valence-electron chi connectivity index (χ3n) is 4.59. The summed E-state index contributed by atoms with van der Waals surface area (Å²) in [4.78, 5) is 11.9. The molecule has 29 heavy (non-hydrogen) atoms. The first-order valence-electron chi connectivity index (χ1n) is 11.2. The van der Waals surface area contributed by atoms with Crippen LogP contribution in [0.2, 0.25) is 0 Å². The Labute approximate surface area is 177 Å². The lowest BCUT2D eigenvalue weighted by Gasteiger charge is -2.12. The number of carbonyl (C=O) groups excluding carboxylic acids is 1. The largest absolute Gasteiger partial charge is 0.389 e. The molecular formula is C26H39NO2. The molecule has 1 aliphatic carbocycles. The minimum atomic E-state index is -0.423. The summed E-state index contributed by atoms with van der Waals surface area (Å²) < 4.78 is 0. The molecule has 0 bridgehead atoms. The third-order valence-corrected chi connectivity index (χ3v) is 4.59. The molecule has 0 aromatic carbocycles. The van der Waals surface area contributed by atoms with E-state index in [-0.39, 0.29) is 5.91 Å². The normalized spacial score (nSPS) is 17.2. The maximum absolute atomic E-state index is 11.9. The summed E-state index contributed by atoms with van der Waals surface area (Å²) in [6, 6.07) is 0. The fraction of sp³-hybridized carbons (Fsp3) is 0.500.